The first-order valence-electron chi connectivity index (χ1n) is 13.4. The molecule has 1 heterocycles. The number of H-pyrrole nitrogens is 1. The monoisotopic (exact) mass is 620 g/mol. The summed E-state index contributed by atoms with van der Waals surface area (Å²) in [7, 11) is -9.04. The van der Waals surface area contributed by atoms with Crippen LogP contribution in [0.3, 0.4) is 0 Å². The second-order valence-corrected chi connectivity index (χ2v) is 13.3. The Morgan fingerprint density at radius 1 is 0.816 bits per heavy atom. The second-order valence-electron chi connectivity index (χ2n) is 10.1. The number of unbranched alkanes of at least 4 members (excludes halogenated alkanes) is 10. The van der Waals surface area contributed by atoms with Crippen LogP contribution < -0.4 is 103 Å². The van der Waals surface area contributed by atoms with Crippen LogP contribution in [0.1, 0.15) is 122 Å². The van der Waals surface area contributed by atoms with Crippen molar-refractivity contribution in [2.75, 3.05) is 0 Å². The molecule has 0 aliphatic rings. The number of aryl methyl sites for hydroxylation is 1. The van der Waals surface area contributed by atoms with Gasteiger partial charge >= 0.3 is 103 Å². The molecule has 0 spiro atoms. The van der Waals surface area contributed by atoms with Gasteiger partial charge in [-0.05, 0) is 43.4 Å². The topological polar surface area (TPSA) is 143 Å². The van der Waals surface area contributed by atoms with E-state index in [4.69, 9.17) is 0 Å². The molecular formula is C26H42K2N2O6S2. The van der Waals surface area contributed by atoms with Crippen molar-refractivity contribution in [1.82, 2.24) is 9.97 Å². The van der Waals surface area contributed by atoms with E-state index in [1.807, 2.05) is 6.92 Å². The molecule has 0 saturated carbocycles. The first-order valence-corrected chi connectivity index (χ1v) is 16.2. The average molecular weight is 621 g/mol. The van der Waals surface area contributed by atoms with Crippen LogP contribution in [0.25, 0.3) is 11.0 Å². The summed E-state index contributed by atoms with van der Waals surface area (Å²) in [5.74, 6) is 0.467. The molecule has 8 nitrogen and oxygen atoms in total. The van der Waals surface area contributed by atoms with Crippen molar-refractivity contribution >= 4 is 31.3 Å². The summed E-state index contributed by atoms with van der Waals surface area (Å²) < 4.78 is 68.8. The van der Waals surface area contributed by atoms with Gasteiger partial charge in [-0.2, -0.15) is 0 Å². The Hall–Kier alpha value is 1.78. The van der Waals surface area contributed by atoms with Crippen LogP contribution >= 0.6 is 0 Å². The number of fused-ring (bicyclic) bond motifs is 1. The summed E-state index contributed by atoms with van der Waals surface area (Å²) >= 11 is 0. The number of aromatic nitrogens is 2. The minimum Gasteiger partial charge on any atom is -0.748 e. The van der Waals surface area contributed by atoms with Crippen LogP contribution in [-0.4, -0.2) is 41.2 Å². The smallest absolute Gasteiger partial charge is 0.748 e. The van der Waals surface area contributed by atoms with Crippen molar-refractivity contribution < 1.29 is 129 Å². The third kappa shape index (κ3) is 14.3. The van der Waals surface area contributed by atoms with Gasteiger partial charge in [-0.15, -0.1) is 0 Å². The molecule has 0 aliphatic heterocycles. The molecule has 2 unspecified atom stereocenters. The Morgan fingerprint density at radius 2 is 1.34 bits per heavy atom. The summed E-state index contributed by atoms with van der Waals surface area (Å²) in [6.07, 6.45) is 14.9. The van der Waals surface area contributed by atoms with Gasteiger partial charge in [0.05, 0.1) is 26.0 Å². The number of benzene rings is 1. The summed E-state index contributed by atoms with van der Waals surface area (Å²) in [6.45, 7) is 5.59. The first kappa shape index (κ1) is 39.8. The van der Waals surface area contributed by atoms with E-state index in [1.54, 1.807) is 0 Å². The van der Waals surface area contributed by atoms with Crippen LogP contribution in [0.5, 0.6) is 0 Å². The summed E-state index contributed by atoms with van der Waals surface area (Å²) in [4.78, 5) is 7.27. The van der Waals surface area contributed by atoms with E-state index >= 15 is 0 Å². The number of imidazole rings is 1. The van der Waals surface area contributed by atoms with Gasteiger partial charge in [0.15, 0.2) is 0 Å². The van der Waals surface area contributed by atoms with Gasteiger partial charge in [0.2, 0.25) is 0 Å². The molecule has 2 rings (SSSR count). The fourth-order valence-corrected chi connectivity index (χ4v) is 5.50. The van der Waals surface area contributed by atoms with Crippen molar-refractivity contribution in [2.45, 2.75) is 127 Å². The zero-order chi connectivity index (χ0) is 26.8. The number of rotatable bonds is 18. The fraction of sp³-hybridized carbons (Fsp3) is 0.731. The van der Waals surface area contributed by atoms with Crippen LogP contribution in [0.2, 0.25) is 0 Å². The van der Waals surface area contributed by atoms with Crippen molar-refractivity contribution in [2.24, 2.45) is 0 Å². The number of nitrogens with zero attached hydrogens (tertiary/aromatic N) is 1. The predicted molar refractivity (Wildman–Crippen MR) is 141 cm³/mol. The molecule has 2 atom stereocenters. The quantitative estimate of drug-likeness (QED) is 0.142. The first-order chi connectivity index (χ1) is 16.9. The third-order valence-electron chi connectivity index (χ3n) is 6.98. The molecule has 38 heavy (non-hydrogen) atoms. The minimum absolute atomic E-state index is 0. The Bertz CT molecular complexity index is 1170. The molecule has 12 heteroatoms. The molecule has 0 radical (unpaired) electrons. The summed E-state index contributed by atoms with van der Waals surface area (Å²) in [5.41, 5.74) is 1.71. The number of nitrogens with one attached hydrogen (secondary N) is 1. The van der Waals surface area contributed by atoms with E-state index in [2.05, 4.69) is 16.9 Å². The van der Waals surface area contributed by atoms with Crippen molar-refractivity contribution in [1.29, 1.82) is 0 Å². The predicted octanol–water partition coefficient (Wildman–Crippen LogP) is 0.146. The van der Waals surface area contributed by atoms with E-state index in [1.165, 1.54) is 76.8 Å². The fourth-order valence-electron chi connectivity index (χ4n) is 4.56. The van der Waals surface area contributed by atoms with Gasteiger partial charge < -0.3 is 14.1 Å². The second kappa shape index (κ2) is 19.9. The molecule has 2 aromatic rings. The van der Waals surface area contributed by atoms with E-state index in [9.17, 15) is 25.9 Å². The SMILES string of the molecule is CCCCCCCCCCCCCC(C)c1cc(S(=O)(=O)[O-])cc2[nH]c(CCC(C)S(=O)(=O)[O-])nc12.[K+].[K+]. The van der Waals surface area contributed by atoms with Crippen LogP contribution in [0.4, 0.5) is 0 Å². The molecule has 1 N–H and O–H groups in total. The Kier molecular flexibility index (Phi) is 20.8. The van der Waals surface area contributed by atoms with Crippen molar-refractivity contribution in [3.63, 3.8) is 0 Å². The van der Waals surface area contributed by atoms with Gasteiger partial charge in [0.25, 0.3) is 0 Å². The molecule has 1 aromatic carbocycles. The van der Waals surface area contributed by atoms with Crippen molar-refractivity contribution in [3.8, 4) is 0 Å². The zero-order valence-electron chi connectivity index (χ0n) is 23.9. The molecule has 0 amide bonds. The van der Waals surface area contributed by atoms with E-state index < -0.39 is 25.5 Å². The molecule has 0 fully saturated rings. The normalized spacial score (nSPS) is 13.6. The Labute approximate surface area is 315 Å². The summed E-state index contributed by atoms with van der Waals surface area (Å²) in [6, 6.07) is 2.70. The molecule has 1 aromatic heterocycles. The average Bonchev–Trinajstić information content (AvgIpc) is 3.22. The van der Waals surface area contributed by atoms with Gasteiger partial charge in [-0.25, -0.2) is 21.8 Å². The maximum Gasteiger partial charge on any atom is 1.00 e. The van der Waals surface area contributed by atoms with Crippen LogP contribution in [-0.2, 0) is 26.7 Å². The molecule has 0 aliphatic carbocycles. The van der Waals surface area contributed by atoms with E-state index in [0.717, 1.165) is 19.3 Å². The Balaban J connectivity index is 0.00000684. The van der Waals surface area contributed by atoms with Crippen LogP contribution in [0.15, 0.2) is 17.0 Å². The van der Waals surface area contributed by atoms with Crippen LogP contribution in [0, 0.1) is 0 Å². The van der Waals surface area contributed by atoms with Crippen molar-refractivity contribution in [3.05, 3.63) is 23.5 Å². The molecule has 0 bridgehead atoms. The van der Waals surface area contributed by atoms with Gasteiger partial charge in [0.1, 0.15) is 15.9 Å². The summed E-state index contributed by atoms with van der Waals surface area (Å²) in [5, 5.41) is -1.05. The number of aromatic amines is 1. The zero-order valence-corrected chi connectivity index (χ0v) is 31.8. The van der Waals surface area contributed by atoms with E-state index in [-0.39, 0.29) is 126 Å². The maximum atomic E-state index is 11.8. The van der Waals surface area contributed by atoms with Gasteiger partial charge in [-0.1, -0.05) is 84.5 Å². The maximum absolute atomic E-state index is 11.8. The minimum atomic E-state index is -4.65. The number of hydrogen-bond acceptors (Lipinski definition) is 7. The number of hydrogen-bond donors (Lipinski definition) is 1. The third-order valence-corrected chi connectivity index (χ3v) is 9.01. The molecule has 206 valence electrons. The molecular weight excluding hydrogens is 579 g/mol. The Morgan fingerprint density at radius 3 is 1.84 bits per heavy atom. The molecule has 0 saturated heterocycles. The van der Waals surface area contributed by atoms with Gasteiger partial charge in [0, 0.05) is 11.7 Å². The largest absolute Gasteiger partial charge is 1.00 e. The van der Waals surface area contributed by atoms with E-state index in [0.29, 0.717) is 22.4 Å². The standard InChI is InChI=1S/C26H44N2O6S2.2K/c1-4-5-6-7-8-9-10-11-12-13-14-15-20(2)23-18-22(36(32,33)34)19-24-26(23)28-25(27-24)17-16-21(3)35(29,30)31;;/h18-21H,4-17H2,1-3H3,(H,27,28)(H,29,30,31)(H,32,33,34);;/q;2*+1/p-2. The van der Waals surface area contributed by atoms with Gasteiger partial charge in [-0.3, -0.25) is 0 Å².